The van der Waals surface area contributed by atoms with Crippen molar-refractivity contribution in [3.63, 3.8) is 0 Å². The van der Waals surface area contributed by atoms with Crippen LogP contribution >= 0.6 is 0 Å². The number of nitrogens with one attached hydrogen (secondary N) is 2. The summed E-state index contributed by atoms with van der Waals surface area (Å²) in [6.45, 7) is 6.77. The van der Waals surface area contributed by atoms with Crippen molar-refractivity contribution in [2.75, 3.05) is 38.6 Å². The Hall–Kier alpha value is -3.75. The number of carbonyl (C=O) groups excluding carboxylic acids is 1. The maximum Gasteiger partial charge on any atom is 0.416 e. The number of hydrogen-bond acceptors (Lipinski definition) is 6. The maximum absolute atomic E-state index is 14.4. The molecule has 11 heteroatoms. The standard InChI is InChI=1S/C32H38F3N7O/c1-20(2)28-18-39(3)8-9-41(28)16-21-10-25-26(27(11-21)32(33,34)35)17-42(29(25)43)24-7-5-6-23(12-24)31(13-22(14-31)15-36)30(38)40(4)19-37/h5-7,10-12,19-20,22,28,37-38H,8-9,13-14,16-18H2,1-4H3/t22?,28-,31?/m1/s1. The monoisotopic (exact) mass is 593 g/mol. The Labute approximate surface area is 250 Å². The summed E-state index contributed by atoms with van der Waals surface area (Å²) in [7, 11) is 3.65. The molecule has 2 N–H and O–H groups in total. The van der Waals surface area contributed by atoms with E-state index < -0.39 is 23.1 Å². The number of piperazine rings is 1. The minimum atomic E-state index is -4.62. The molecule has 0 spiro atoms. The lowest BCUT2D eigenvalue weighted by Gasteiger charge is -2.47. The first-order valence-corrected chi connectivity index (χ1v) is 14.6. The second kappa shape index (κ2) is 11.4. The SMILES string of the molecule is CC(C)[C@H]1CN(C)CCN1Cc1cc2c(c(C(F)(F)F)c1)CN(c1cccc(C3(C(=N)N(C)C=N)CC(C#N)C3)c1)C2=O. The Morgan fingerprint density at radius 1 is 1.23 bits per heavy atom. The summed E-state index contributed by atoms with van der Waals surface area (Å²) in [6.07, 6.45) is -2.80. The third-order valence-corrected chi connectivity index (χ3v) is 9.38. The van der Waals surface area contributed by atoms with Crippen LogP contribution in [0.15, 0.2) is 36.4 Å². The van der Waals surface area contributed by atoms with Crippen LogP contribution in [-0.4, -0.2) is 72.6 Å². The van der Waals surface area contributed by atoms with E-state index in [2.05, 4.69) is 36.8 Å². The van der Waals surface area contributed by atoms with Gasteiger partial charge in [0.2, 0.25) is 0 Å². The number of nitrogens with zero attached hydrogens (tertiary/aromatic N) is 5. The molecule has 2 aromatic rings. The molecule has 2 fully saturated rings. The molecule has 2 aliphatic heterocycles. The van der Waals surface area contributed by atoms with Gasteiger partial charge in [-0.1, -0.05) is 26.0 Å². The first-order chi connectivity index (χ1) is 20.3. The van der Waals surface area contributed by atoms with Crippen LogP contribution < -0.4 is 4.90 Å². The Morgan fingerprint density at radius 3 is 2.58 bits per heavy atom. The third-order valence-electron chi connectivity index (χ3n) is 9.38. The van der Waals surface area contributed by atoms with Crippen LogP contribution in [0.5, 0.6) is 0 Å². The number of amides is 1. The second-order valence-corrected chi connectivity index (χ2v) is 12.6. The largest absolute Gasteiger partial charge is 0.416 e. The van der Waals surface area contributed by atoms with E-state index in [0.29, 0.717) is 42.1 Å². The van der Waals surface area contributed by atoms with E-state index in [1.54, 1.807) is 31.3 Å². The van der Waals surface area contributed by atoms with Crippen LogP contribution in [-0.2, 0) is 24.7 Å². The maximum atomic E-state index is 14.4. The van der Waals surface area contributed by atoms with Gasteiger partial charge in [-0.05, 0) is 66.8 Å². The molecule has 0 radical (unpaired) electrons. The van der Waals surface area contributed by atoms with Gasteiger partial charge in [-0.3, -0.25) is 20.5 Å². The van der Waals surface area contributed by atoms with Crippen molar-refractivity contribution in [2.45, 2.75) is 57.4 Å². The lowest BCUT2D eigenvalue weighted by Crippen LogP contribution is -2.53. The van der Waals surface area contributed by atoms with Gasteiger partial charge >= 0.3 is 6.18 Å². The van der Waals surface area contributed by atoms with Crippen molar-refractivity contribution in [1.29, 1.82) is 16.1 Å². The minimum Gasteiger partial charge on any atom is -0.324 e. The normalized spacial score (nSPS) is 24.4. The summed E-state index contributed by atoms with van der Waals surface area (Å²) in [6, 6.07) is 12.3. The van der Waals surface area contributed by atoms with E-state index in [9.17, 15) is 23.2 Å². The summed E-state index contributed by atoms with van der Waals surface area (Å²) in [5.41, 5.74) is 0.0726. The third kappa shape index (κ3) is 5.54. The van der Waals surface area contributed by atoms with Crippen LogP contribution in [0.2, 0.25) is 0 Å². The van der Waals surface area contributed by atoms with Gasteiger partial charge in [0.15, 0.2) is 0 Å². The molecule has 0 aromatic heterocycles. The molecule has 1 atom stereocenters. The van der Waals surface area contributed by atoms with Crippen molar-refractivity contribution in [1.82, 2.24) is 14.7 Å². The Kier molecular flexibility index (Phi) is 8.13. The van der Waals surface area contributed by atoms with Crippen molar-refractivity contribution in [3.05, 3.63) is 64.2 Å². The van der Waals surface area contributed by atoms with E-state index in [1.807, 2.05) is 6.07 Å². The molecule has 5 rings (SSSR count). The Bertz CT molecular complexity index is 1470. The highest BCUT2D eigenvalue weighted by Crippen LogP contribution is 2.50. The lowest BCUT2D eigenvalue weighted by molar-refractivity contribution is -0.138. The average Bonchev–Trinajstić information content (AvgIpc) is 3.28. The number of carbonyl (C=O) groups is 1. The molecule has 43 heavy (non-hydrogen) atoms. The van der Waals surface area contributed by atoms with E-state index >= 15 is 0 Å². The molecule has 0 unspecified atom stereocenters. The van der Waals surface area contributed by atoms with Gasteiger partial charge in [-0.2, -0.15) is 18.4 Å². The predicted molar refractivity (Wildman–Crippen MR) is 159 cm³/mol. The summed E-state index contributed by atoms with van der Waals surface area (Å²) in [4.78, 5) is 21.0. The van der Waals surface area contributed by atoms with Crippen molar-refractivity contribution < 1.29 is 18.0 Å². The van der Waals surface area contributed by atoms with E-state index in [-0.39, 0.29) is 35.5 Å². The zero-order chi connectivity index (χ0) is 31.3. The number of likely N-dealkylation sites (N-methyl/N-ethyl adjacent to an activating group) is 2. The summed E-state index contributed by atoms with van der Waals surface area (Å²) in [5.74, 6) is -0.243. The Balaban J connectivity index is 1.49. The molecule has 2 heterocycles. The van der Waals surface area contributed by atoms with Crippen LogP contribution in [0.25, 0.3) is 0 Å². The first kappa shape index (κ1) is 30.7. The van der Waals surface area contributed by atoms with Gasteiger partial charge in [0.1, 0.15) is 5.84 Å². The minimum absolute atomic E-state index is 0.0235. The molecule has 2 aromatic carbocycles. The fourth-order valence-corrected chi connectivity index (χ4v) is 6.89. The van der Waals surface area contributed by atoms with Crippen molar-refractivity contribution in [2.24, 2.45) is 11.8 Å². The van der Waals surface area contributed by atoms with Crippen LogP contribution in [0, 0.1) is 34.0 Å². The topological polar surface area (TPSA) is 102 Å². The molecule has 3 aliphatic rings. The number of fused-ring (bicyclic) bond motifs is 1. The summed E-state index contributed by atoms with van der Waals surface area (Å²) in [5, 5.41) is 25.8. The zero-order valence-electron chi connectivity index (χ0n) is 25.0. The molecular formula is C32H38F3N7O. The smallest absolute Gasteiger partial charge is 0.324 e. The molecular weight excluding hydrogens is 555 g/mol. The quantitative estimate of drug-likeness (QED) is 0.334. The van der Waals surface area contributed by atoms with E-state index in [4.69, 9.17) is 10.8 Å². The number of amidine groups is 1. The van der Waals surface area contributed by atoms with Gasteiger partial charge < -0.3 is 14.7 Å². The molecule has 1 saturated carbocycles. The number of anilines is 1. The summed E-state index contributed by atoms with van der Waals surface area (Å²) >= 11 is 0. The van der Waals surface area contributed by atoms with Gasteiger partial charge in [0.05, 0.1) is 29.9 Å². The van der Waals surface area contributed by atoms with Gasteiger partial charge in [0, 0.05) is 56.4 Å². The molecule has 0 bridgehead atoms. The van der Waals surface area contributed by atoms with Gasteiger partial charge in [-0.25, -0.2) is 0 Å². The molecule has 1 amide bonds. The number of hydrogen-bond donors (Lipinski definition) is 2. The number of alkyl halides is 3. The highest BCUT2D eigenvalue weighted by Gasteiger charge is 2.50. The van der Waals surface area contributed by atoms with Crippen LogP contribution in [0.3, 0.4) is 0 Å². The first-order valence-electron chi connectivity index (χ1n) is 14.6. The molecule has 1 aliphatic carbocycles. The van der Waals surface area contributed by atoms with E-state index in [0.717, 1.165) is 26.0 Å². The van der Waals surface area contributed by atoms with Gasteiger partial charge in [0.25, 0.3) is 5.91 Å². The second-order valence-electron chi connectivity index (χ2n) is 12.6. The summed E-state index contributed by atoms with van der Waals surface area (Å²) < 4.78 is 43.3. The highest BCUT2D eigenvalue weighted by atomic mass is 19.4. The average molecular weight is 594 g/mol. The number of halogens is 3. The fraction of sp³-hybridized carbons (Fsp3) is 0.500. The Morgan fingerprint density at radius 2 is 1.95 bits per heavy atom. The number of benzene rings is 2. The molecule has 8 nitrogen and oxygen atoms in total. The number of rotatable bonds is 7. The molecule has 1 saturated heterocycles. The lowest BCUT2D eigenvalue weighted by atomic mass is 9.58. The van der Waals surface area contributed by atoms with Crippen LogP contribution in [0.1, 0.15) is 59.3 Å². The highest BCUT2D eigenvalue weighted by molar-refractivity contribution is 6.10. The van der Waals surface area contributed by atoms with E-state index in [1.165, 1.54) is 15.9 Å². The van der Waals surface area contributed by atoms with Crippen molar-refractivity contribution in [3.8, 4) is 6.07 Å². The number of nitriles is 1. The van der Waals surface area contributed by atoms with Crippen LogP contribution in [0.4, 0.5) is 18.9 Å². The zero-order valence-corrected chi connectivity index (χ0v) is 25.0. The predicted octanol–water partition coefficient (Wildman–Crippen LogP) is 5.33. The molecule has 228 valence electrons. The van der Waals surface area contributed by atoms with Gasteiger partial charge in [-0.15, -0.1) is 0 Å². The van der Waals surface area contributed by atoms with Crippen molar-refractivity contribution >= 4 is 23.8 Å². The fourth-order valence-electron chi connectivity index (χ4n) is 6.89.